The number of ether oxygens (including phenoxy) is 1. The lowest BCUT2D eigenvalue weighted by atomic mass is 9.94. The van der Waals surface area contributed by atoms with Crippen molar-refractivity contribution in [1.82, 2.24) is 10.6 Å². The van der Waals surface area contributed by atoms with Gasteiger partial charge in [-0.1, -0.05) is 30.3 Å². The highest BCUT2D eigenvalue weighted by molar-refractivity contribution is 7.99. The molecule has 0 aliphatic carbocycles. The van der Waals surface area contributed by atoms with Gasteiger partial charge in [0.15, 0.2) is 0 Å². The van der Waals surface area contributed by atoms with Gasteiger partial charge in [0.05, 0.1) is 19.1 Å². The fraction of sp³-hybridized carbons (Fsp3) is 0.529. The van der Waals surface area contributed by atoms with Crippen LogP contribution >= 0.6 is 24.2 Å². The number of rotatable bonds is 6. The molecule has 1 saturated heterocycles. The normalized spacial score (nSPS) is 19.5. The number of hydrogen-bond donors (Lipinski definition) is 2. The van der Waals surface area contributed by atoms with Crippen molar-refractivity contribution in [3.05, 3.63) is 35.9 Å². The predicted octanol–water partition coefficient (Wildman–Crippen LogP) is 2.17. The van der Waals surface area contributed by atoms with Crippen LogP contribution in [0.3, 0.4) is 0 Å². The molecule has 0 radical (unpaired) electrons. The van der Waals surface area contributed by atoms with Crippen LogP contribution < -0.4 is 10.6 Å². The summed E-state index contributed by atoms with van der Waals surface area (Å²) >= 11 is 1.86. The molecule has 7 heteroatoms. The molecule has 24 heavy (non-hydrogen) atoms. The summed E-state index contributed by atoms with van der Waals surface area (Å²) < 4.78 is 4.84. The van der Waals surface area contributed by atoms with E-state index in [1.807, 2.05) is 42.1 Å². The summed E-state index contributed by atoms with van der Waals surface area (Å²) in [6, 6.07) is 9.35. The van der Waals surface area contributed by atoms with Crippen LogP contribution in [0.1, 0.15) is 24.9 Å². The van der Waals surface area contributed by atoms with Crippen LogP contribution in [0.2, 0.25) is 0 Å². The Morgan fingerprint density at radius 1 is 1.38 bits per heavy atom. The lowest BCUT2D eigenvalue weighted by Crippen LogP contribution is -2.43. The molecule has 2 rings (SSSR count). The number of esters is 1. The molecule has 1 fully saturated rings. The highest BCUT2D eigenvalue weighted by Crippen LogP contribution is 2.23. The van der Waals surface area contributed by atoms with E-state index in [2.05, 4.69) is 10.6 Å². The molecule has 1 aromatic rings. The molecule has 134 valence electrons. The topological polar surface area (TPSA) is 67.4 Å². The standard InChI is InChI=1S/C17H24N2O3S.ClH/c1-12(17(21)22-2)16(13-6-4-3-5-7-13)19-15(20)10-14-11-23-9-8-18-14;/h3-7,12,14,16,18H,8-11H2,1-2H3,(H,19,20);1H. The number of halogens is 1. The lowest BCUT2D eigenvalue weighted by molar-refractivity contribution is -0.146. The summed E-state index contributed by atoms with van der Waals surface area (Å²) in [5.41, 5.74) is 0.907. The smallest absolute Gasteiger partial charge is 0.310 e. The highest BCUT2D eigenvalue weighted by Gasteiger charge is 2.28. The van der Waals surface area contributed by atoms with E-state index in [1.54, 1.807) is 6.92 Å². The molecule has 3 unspecified atom stereocenters. The SMILES string of the molecule is COC(=O)C(C)C(NC(=O)CC1CSCCN1)c1ccccc1.Cl. The first kappa shape index (κ1) is 20.8. The summed E-state index contributed by atoms with van der Waals surface area (Å²) in [7, 11) is 1.37. The van der Waals surface area contributed by atoms with Crippen molar-refractivity contribution in [3.8, 4) is 0 Å². The Labute approximate surface area is 153 Å². The van der Waals surface area contributed by atoms with E-state index in [4.69, 9.17) is 4.74 Å². The van der Waals surface area contributed by atoms with Crippen LogP contribution in [0.4, 0.5) is 0 Å². The van der Waals surface area contributed by atoms with E-state index in [0.29, 0.717) is 6.42 Å². The zero-order valence-corrected chi connectivity index (χ0v) is 15.6. The van der Waals surface area contributed by atoms with E-state index in [0.717, 1.165) is 23.6 Å². The number of methoxy groups -OCH3 is 1. The number of carbonyl (C=O) groups is 2. The van der Waals surface area contributed by atoms with Crippen molar-refractivity contribution in [2.24, 2.45) is 5.92 Å². The number of amides is 1. The van der Waals surface area contributed by atoms with Gasteiger partial charge in [0, 0.05) is 30.5 Å². The van der Waals surface area contributed by atoms with Crippen LogP contribution in [0, 0.1) is 5.92 Å². The summed E-state index contributed by atoms with van der Waals surface area (Å²) in [6.07, 6.45) is 0.421. The second kappa shape index (κ2) is 10.6. The summed E-state index contributed by atoms with van der Waals surface area (Å²) in [5.74, 6) is 1.21. The predicted molar refractivity (Wildman–Crippen MR) is 99.5 cm³/mol. The average molecular weight is 373 g/mol. The first-order valence-electron chi connectivity index (χ1n) is 7.85. The van der Waals surface area contributed by atoms with Crippen molar-refractivity contribution in [1.29, 1.82) is 0 Å². The summed E-state index contributed by atoms with van der Waals surface area (Å²) in [4.78, 5) is 24.3. The molecule has 5 nitrogen and oxygen atoms in total. The molecule has 0 bridgehead atoms. The molecular formula is C17H25ClN2O3S. The fourth-order valence-corrected chi connectivity index (χ4v) is 3.64. The van der Waals surface area contributed by atoms with Gasteiger partial charge in [-0.25, -0.2) is 0 Å². The first-order chi connectivity index (χ1) is 11.1. The first-order valence-corrected chi connectivity index (χ1v) is 9.00. The van der Waals surface area contributed by atoms with E-state index in [-0.39, 0.29) is 36.4 Å². The monoisotopic (exact) mass is 372 g/mol. The molecular weight excluding hydrogens is 348 g/mol. The molecule has 1 amide bonds. The molecule has 1 heterocycles. The molecule has 2 N–H and O–H groups in total. The number of benzene rings is 1. The number of carbonyl (C=O) groups excluding carboxylic acids is 2. The molecule has 0 saturated carbocycles. The number of hydrogen-bond acceptors (Lipinski definition) is 5. The van der Waals surface area contributed by atoms with Gasteiger partial charge >= 0.3 is 5.97 Å². The van der Waals surface area contributed by atoms with Crippen LogP contribution in [-0.4, -0.2) is 43.1 Å². The number of nitrogens with one attached hydrogen (secondary N) is 2. The minimum absolute atomic E-state index is 0. The fourth-order valence-electron chi connectivity index (χ4n) is 2.69. The van der Waals surface area contributed by atoms with Crippen molar-refractivity contribution in [2.75, 3.05) is 25.2 Å². The molecule has 0 spiro atoms. The Hall–Kier alpha value is -1.24. The van der Waals surface area contributed by atoms with Crippen molar-refractivity contribution >= 4 is 36.0 Å². The molecule has 0 aromatic heterocycles. The van der Waals surface area contributed by atoms with Gasteiger partial charge in [-0.15, -0.1) is 12.4 Å². The van der Waals surface area contributed by atoms with Gasteiger partial charge in [0.1, 0.15) is 0 Å². The maximum atomic E-state index is 12.4. The third-order valence-electron chi connectivity index (χ3n) is 3.98. The average Bonchev–Trinajstić information content (AvgIpc) is 2.60. The third-order valence-corrected chi connectivity index (χ3v) is 5.11. The molecule has 3 atom stereocenters. The largest absolute Gasteiger partial charge is 0.469 e. The maximum Gasteiger partial charge on any atom is 0.310 e. The Morgan fingerprint density at radius 3 is 2.67 bits per heavy atom. The third kappa shape index (κ3) is 6.00. The minimum Gasteiger partial charge on any atom is -0.469 e. The van der Waals surface area contributed by atoms with E-state index >= 15 is 0 Å². The summed E-state index contributed by atoms with van der Waals surface area (Å²) in [6.45, 7) is 2.71. The van der Waals surface area contributed by atoms with Crippen molar-refractivity contribution < 1.29 is 14.3 Å². The Balaban J connectivity index is 0.00000288. The Bertz CT molecular complexity index is 524. The van der Waals surface area contributed by atoms with E-state index in [1.165, 1.54) is 7.11 Å². The molecule has 1 aliphatic heterocycles. The van der Waals surface area contributed by atoms with E-state index in [9.17, 15) is 9.59 Å². The minimum atomic E-state index is -0.444. The van der Waals surface area contributed by atoms with Gasteiger partial charge < -0.3 is 15.4 Å². The van der Waals surface area contributed by atoms with Crippen LogP contribution in [0.15, 0.2) is 30.3 Å². The van der Waals surface area contributed by atoms with E-state index < -0.39 is 5.92 Å². The highest BCUT2D eigenvalue weighted by atomic mass is 35.5. The van der Waals surface area contributed by atoms with Gasteiger partial charge in [-0.3, -0.25) is 9.59 Å². The second-order valence-corrected chi connectivity index (χ2v) is 6.85. The van der Waals surface area contributed by atoms with Crippen LogP contribution in [0.25, 0.3) is 0 Å². The molecule has 1 aliphatic rings. The Morgan fingerprint density at radius 2 is 2.08 bits per heavy atom. The maximum absolute atomic E-state index is 12.4. The van der Waals surface area contributed by atoms with Gasteiger partial charge in [-0.05, 0) is 12.5 Å². The van der Waals surface area contributed by atoms with Gasteiger partial charge in [0.2, 0.25) is 5.91 Å². The van der Waals surface area contributed by atoms with Crippen LogP contribution in [-0.2, 0) is 14.3 Å². The van der Waals surface area contributed by atoms with Crippen molar-refractivity contribution in [3.63, 3.8) is 0 Å². The zero-order valence-electron chi connectivity index (χ0n) is 14.0. The van der Waals surface area contributed by atoms with Gasteiger partial charge in [0.25, 0.3) is 0 Å². The second-order valence-electron chi connectivity index (χ2n) is 5.70. The van der Waals surface area contributed by atoms with Crippen LogP contribution in [0.5, 0.6) is 0 Å². The van der Waals surface area contributed by atoms with Gasteiger partial charge in [-0.2, -0.15) is 11.8 Å². The quantitative estimate of drug-likeness (QED) is 0.749. The lowest BCUT2D eigenvalue weighted by Gasteiger charge is -2.26. The number of thioether (sulfide) groups is 1. The summed E-state index contributed by atoms with van der Waals surface area (Å²) in [5, 5.41) is 6.36. The Kier molecular flexibility index (Phi) is 9.18. The van der Waals surface area contributed by atoms with Crippen molar-refractivity contribution in [2.45, 2.75) is 25.4 Å². The zero-order chi connectivity index (χ0) is 16.7. The molecule has 1 aromatic carbocycles.